The molecule has 0 aliphatic rings. The normalized spacial score (nSPS) is 11.6. The number of aryl methyl sites for hydroxylation is 2. The molecule has 9 nitrogen and oxygen atoms in total. The minimum atomic E-state index is -4.73. The Balaban J connectivity index is 1.96. The number of aromatic nitrogens is 4. The summed E-state index contributed by atoms with van der Waals surface area (Å²) in [6.07, 6.45) is -3.88. The third-order valence-electron chi connectivity index (χ3n) is 5.85. The molecule has 0 atom stereocenters. The third kappa shape index (κ3) is 3.80. The topological polar surface area (TPSA) is 108 Å². The Morgan fingerprint density at radius 2 is 1.71 bits per heavy atom. The molecule has 1 N–H and O–H groups in total. The minimum absolute atomic E-state index is 0.0507. The lowest BCUT2D eigenvalue weighted by Gasteiger charge is -2.14. The van der Waals surface area contributed by atoms with Gasteiger partial charge in [0.25, 0.3) is 5.56 Å². The Kier molecular flexibility index (Phi) is 5.43. The van der Waals surface area contributed by atoms with Gasteiger partial charge in [-0.2, -0.15) is 13.2 Å². The van der Waals surface area contributed by atoms with Crippen molar-refractivity contribution >= 4 is 17.0 Å². The number of carboxylic acid groups (broad SMARTS) is 1. The van der Waals surface area contributed by atoms with Gasteiger partial charge in [0.1, 0.15) is 11.1 Å². The monoisotopic (exact) mass is 486 g/mol. The van der Waals surface area contributed by atoms with Gasteiger partial charge in [-0.15, -0.1) is 0 Å². The van der Waals surface area contributed by atoms with Crippen molar-refractivity contribution in [2.45, 2.75) is 19.6 Å². The fraction of sp³-hybridized carbons (Fsp3) is 0.217. The van der Waals surface area contributed by atoms with E-state index in [0.29, 0.717) is 15.6 Å². The molecule has 0 saturated heterocycles. The minimum Gasteiger partial charge on any atom is -0.477 e. The number of carbonyl (C=O) groups is 1. The van der Waals surface area contributed by atoms with Gasteiger partial charge < -0.3 is 5.11 Å². The summed E-state index contributed by atoms with van der Waals surface area (Å²) in [5.41, 5.74) is -3.51. The maximum absolute atomic E-state index is 13.3. The average Bonchev–Trinajstić information content (AvgIpc) is 3.00. The second kappa shape index (κ2) is 8.05. The predicted molar refractivity (Wildman–Crippen MR) is 118 cm³/mol. The Morgan fingerprint density at radius 1 is 1.06 bits per heavy atom. The highest BCUT2D eigenvalue weighted by molar-refractivity contribution is 5.87. The largest absolute Gasteiger partial charge is 0.477 e. The molecule has 35 heavy (non-hydrogen) atoms. The first-order valence-corrected chi connectivity index (χ1v) is 10.1. The van der Waals surface area contributed by atoms with Gasteiger partial charge in [-0.1, -0.05) is 12.1 Å². The van der Waals surface area contributed by atoms with Crippen molar-refractivity contribution in [3.8, 4) is 5.69 Å². The summed E-state index contributed by atoms with van der Waals surface area (Å²) in [5.74, 6) is -1.62. The average molecular weight is 486 g/mol. The predicted octanol–water partition coefficient (Wildman–Crippen LogP) is 1.86. The summed E-state index contributed by atoms with van der Waals surface area (Å²) in [7, 11) is 3.08. The van der Waals surface area contributed by atoms with Gasteiger partial charge in [0.2, 0.25) is 0 Å². The summed E-state index contributed by atoms with van der Waals surface area (Å²) < 4.78 is 44.0. The Hall–Kier alpha value is -4.53. The molecule has 4 aromatic rings. The van der Waals surface area contributed by atoms with Crippen LogP contribution in [0, 0.1) is 19.1 Å². The maximum atomic E-state index is 13.3. The zero-order valence-electron chi connectivity index (χ0n) is 18.6. The van der Waals surface area contributed by atoms with Gasteiger partial charge in [-0.3, -0.25) is 23.1 Å². The van der Waals surface area contributed by atoms with Crippen LogP contribution in [0.15, 0.2) is 44.8 Å². The Labute approximate surface area is 194 Å². The van der Waals surface area contributed by atoms with E-state index in [4.69, 9.17) is 0 Å². The van der Waals surface area contributed by atoms with E-state index in [9.17, 15) is 37.5 Å². The zero-order valence-corrected chi connectivity index (χ0v) is 18.6. The second-order valence-corrected chi connectivity index (χ2v) is 7.90. The standard InChI is InChI=1S/C23H17F3N4O5/c1-12-13(5-4-6-16(12)23(24,25)26)10-30-19(31)15(20(32)33)11-29(22(30)35)14-7-8-17-18(9-14)28(3)21(34)27(17)2/h5,7-9,11H,10H2,1-3H3,(H,32,33). The van der Waals surface area contributed by atoms with Gasteiger partial charge in [0, 0.05) is 20.3 Å². The van der Waals surface area contributed by atoms with Crippen LogP contribution in [-0.4, -0.2) is 29.3 Å². The molecule has 2 aromatic carbocycles. The molecule has 0 amide bonds. The quantitative estimate of drug-likeness (QED) is 0.474. The van der Waals surface area contributed by atoms with Crippen molar-refractivity contribution in [3.05, 3.63) is 96.2 Å². The SMILES string of the molecule is Cc1c(C(F)(F)F)c#ccc1Cn1c(=O)c(C(=O)O)cn(-c2ccc3c(c2)n(C)c(=O)n3C)c1=O. The number of hydrogen-bond acceptors (Lipinski definition) is 4. The van der Waals surface area contributed by atoms with E-state index >= 15 is 0 Å². The first kappa shape index (κ1) is 23.6. The molecular weight excluding hydrogens is 469 g/mol. The lowest BCUT2D eigenvalue weighted by Crippen LogP contribution is -2.42. The van der Waals surface area contributed by atoms with Crippen LogP contribution in [0.25, 0.3) is 16.7 Å². The third-order valence-corrected chi connectivity index (χ3v) is 5.85. The highest BCUT2D eigenvalue weighted by atomic mass is 19.4. The van der Waals surface area contributed by atoms with Crippen molar-refractivity contribution in [2.24, 2.45) is 14.1 Å². The zero-order chi connectivity index (χ0) is 25.8. The Bertz CT molecular complexity index is 1690. The van der Waals surface area contributed by atoms with Crippen LogP contribution < -0.4 is 16.9 Å². The molecule has 0 unspecified atom stereocenters. The van der Waals surface area contributed by atoms with Gasteiger partial charge in [0.05, 0.1) is 23.3 Å². The number of aromatic carboxylic acids is 1. The molecule has 180 valence electrons. The molecule has 0 aliphatic carbocycles. The summed E-state index contributed by atoms with van der Waals surface area (Å²) in [5, 5.41) is 9.54. The molecule has 12 heteroatoms. The summed E-state index contributed by atoms with van der Waals surface area (Å²) in [6.45, 7) is 0.544. The molecule has 0 radical (unpaired) electrons. The first-order chi connectivity index (χ1) is 16.3. The van der Waals surface area contributed by atoms with Crippen molar-refractivity contribution in [1.82, 2.24) is 18.3 Å². The molecule has 2 aromatic heterocycles. The van der Waals surface area contributed by atoms with E-state index in [1.807, 2.05) is 6.07 Å². The molecule has 0 bridgehead atoms. The van der Waals surface area contributed by atoms with Crippen LogP contribution >= 0.6 is 0 Å². The van der Waals surface area contributed by atoms with Crippen LogP contribution in [0.4, 0.5) is 13.2 Å². The molecule has 0 saturated carbocycles. The lowest BCUT2D eigenvalue weighted by atomic mass is 10.0. The highest BCUT2D eigenvalue weighted by Crippen LogP contribution is 2.31. The number of imidazole rings is 1. The van der Waals surface area contributed by atoms with Gasteiger partial charge >= 0.3 is 23.5 Å². The van der Waals surface area contributed by atoms with Crippen LogP contribution in [0.3, 0.4) is 0 Å². The van der Waals surface area contributed by atoms with Crippen molar-refractivity contribution in [1.29, 1.82) is 0 Å². The number of fused-ring (bicyclic) bond motifs is 1. The number of hydrogen-bond donors (Lipinski definition) is 1. The van der Waals surface area contributed by atoms with E-state index in [1.54, 1.807) is 13.1 Å². The van der Waals surface area contributed by atoms with Gasteiger partial charge in [0.15, 0.2) is 0 Å². The summed E-state index contributed by atoms with van der Waals surface area (Å²) >= 11 is 0. The van der Waals surface area contributed by atoms with E-state index in [-0.39, 0.29) is 22.5 Å². The number of rotatable bonds is 4. The van der Waals surface area contributed by atoms with Crippen molar-refractivity contribution < 1.29 is 23.1 Å². The van der Waals surface area contributed by atoms with E-state index in [1.165, 1.54) is 28.3 Å². The van der Waals surface area contributed by atoms with Crippen LogP contribution in [0.5, 0.6) is 0 Å². The van der Waals surface area contributed by atoms with Crippen molar-refractivity contribution in [2.75, 3.05) is 0 Å². The molecule has 0 fully saturated rings. The Morgan fingerprint density at radius 3 is 2.34 bits per heavy atom. The number of alkyl halides is 3. The molecule has 0 aliphatic heterocycles. The van der Waals surface area contributed by atoms with Crippen LogP contribution in [0.2, 0.25) is 0 Å². The number of nitrogens with zero attached hydrogens (tertiary/aromatic N) is 4. The molecule has 2 heterocycles. The van der Waals surface area contributed by atoms with Gasteiger partial charge in [-0.05, 0) is 42.3 Å². The highest BCUT2D eigenvalue weighted by Gasteiger charge is 2.33. The maximum Gasteiger partial charge on any atom is 0.424 e. The second-order valence-electron chi connectivity index (χ2n) is 7.90. The molecule has 0 spiro atoms. The van der Waals surface area contributed by atoms with E-state index < -0.39 is 41.1 Å². The number of carboxylic acids is 1. The number of halogens is 3. The number of benzene rings is 1. The summed E-state index contributed by atoms with van der Waals surface area (Å²) in [6, 6.07) is 9.85. The van der Waals surface area contributed by atoms with E-state index in [2.05, 4.69) is 6.07 Å². The van der Waals surface area contributed by atoms with Crippen LogP contribution in [-0.2, 0) is 26.8 Å². The fourth-order valence-electron chi connectivity index (χ4n) is 3.89. The molecule has 4 rings (SSSR count). The smallest absolute Gasteiger partial charge is 0.424 e. The van der Waals surface area contributed by atoms with Crippen molar-refractivity contribution in [3.63, 3.8) is 0 Å². The lowest BCUT2D eigenvalue weighted by molar-refractivity contribution is -0.138. The van der Waals surface area contributed by atoms with Crippen LogP contribution in [0.1, 0.15) is 27.0 Å². The van der Waals surface area contributed by atoms with E-state index in [0.717, 1.165) is 23.8 Å². The fourth-order valence-corrected chi connectivity index (χ4v) is 3.89. The first-order valence-electron chi connectivity index (χ1n) is 10.1. The molecular formula is C23H17F3N4O5. The van der Waals surface area contributed by atoms with Gasteiger partial charge in [-0.25, -0.2) is 14.4 Å². The summed E-state index contributed by atoms with van der Waals surface area (Å²) in [4.78, 5) is 50.1.